The van der Waals surface area contributed by atoms with Crippen LogP contribution in [-0.4, -0.2) is 31.7 Å². The van der Waals surface area contributed by atoms with Gasteiger partial charge in [-0.3, -0.25) is 0 Å². The summed E-state index contributed by atoms with van der Waals surface area (Å²) < 4.78 is 0. The van der Waals surface area contributed by atoms with Crippen molar-refractivity contribution in [3.8, 4) is 0 Å². The monoisotopic (exact) mass is 298 g/mol. The predicted octanol–water partition coefficient (Wildman–Crippen LogP) is 1.35. The van der Waals surface area contributed by atoms with Gasteiger partial charge in [0.25, 0.3) is 0 Å². The summed E-state index contributed by atoms with van der Waals surface area (Å²) in [4.78, 5) is 23.0. The molecule has 2 aromatic carbocycles. The molecule has 2 N–H and O–H groups in total. The van der Waals surface area contributed by atoms with Crippen LogP contribution in [0.5, 0.6) is 0 Å². The van der Waals surface area contributed by atoms with Crippen molar-refractivity contribution in [2.24, 2.45) is 0 Å². The van der Waals surface area contributed by atoms with E-state index in [1.807, 2.05) is 30.3 Å². The average molecular weight is 298 g/mol. The molecule has 2 radical (unpaired) electrons. The van der Waals surface area contributed by atoms with Gasteiger partial charge in [-0.25, -0.2) is 9.59 Å². The molecule has 0 saturated carbocycles. The van der Waals surface area contributed by atoms with Crippen LogP contribution in [0.4, 0.5) is 0 Å². The van der Waals surface area contributed by atoms with Gasteiger partial charge in [0.05, 0.1) is 11.1 Å². The number of hydrogen-bond donors (Lipinski definition) is 2. The first-order valence-corrected chi connectivity index (χ1v) is 7.34. The van der Waals surface area contributed by atoms with Gasteiger partial charge in [-0.05, 0) is 36.2 Å². The maximum absolute atomic E-state index is 11.6. The minimum absolute atomic E-state index is 0.00895. The van der Waals surface area contributed by atoms with E-state index in [1.165, 1.54) is 0 Å². The number of benzene rings is 2. The van der Waals surface area contributed by atoms with Gasteiger partial charge in [0.15, 0.2) is 0 Å². The van der Waals surface area contributed by atoms with E-state index in [4.69, 9.17) is 0 Å². The Labute approximate surface area is 124 Å². The van der Waals surface area contributed by atoms with Crippen molar-refractivity contribution in [1.29, 1.82) is 0 Å². The van der Waals surface area contributed by atoms with Crippen LogP contribution in [0.15, 0.2) is 36.4 Å². The van der Waals surface area contributed by atoms with E-state index in [0.29, 0.717) is 16.3 Å². The molecule has 0 amide bonds. The van der Waals surface area contributed by atoms with Crippen molar-refractivity contribution >= 4 is 31.8 Å². The molecule has 21 heavy (non-hydrogen) atoms. The molecule has 106 valence electrons. The molecule has 0 bridgehead atoms. The Morgan fingerprint density at radius 2 is 1.62 bits per heavy atom. The van der Waals surface area contributed by atoms with Crippen LogP contribution in [0.2, 0.25) is 0 Å². The molecule has 0 unspecified atom stereocenters. The largest absolute Gasteiger partial charge is 0.478 e. The Morgan fingerprint density at radius 3 is 2.14 bits per heavy atom. The molecular formula is C16H14O4Si. The second-order valence-corrected chi connectivity index (χ2v) is 6.04. The van der Waals surface area contributed by atoms with Gasteiger partial charge < -0.3 is 10.2 Å². The predicted molar refractivity (Wildman–Crippen MR) is 81.3 cm³/mol. The summed E-state index contributed by atoms with van der Waals surface area (Å²) in [6, 6.07) is 10.9. The number of rotatable bonds is 4. The number of aryl methyl sites for hydroxylation is 1. The molecule has 5 heteroatoms. The van der Waals surface area contributed by atoms with Gasteiger partial charge in [0.2, 0.25) is 0 Å². The zero-order chi connectivity index (χ0) is 15.6. The van der Waals surface area contributed by atoms with Gasteiger partial charge in [-0.2, -0.15) is 0 Å². The highest BCUT2D eigenvalue weighted by molar-refractivity contribution is 6.69. The summed E-state index contributed by atoms with van der Waals surface area (Å²) >= 11 is 0. The number of carboxylic acid groups (broad SMARTS) is 2. The zero-order valence-electron chi connectivity index (χ0n) is 11.7. The number of carbonyl (C=O) groups is 2. The molecule has 0 spiro atoms. The van der Waals surface area contributed by atoms with Crippen LogP contribution in [0, 0.1) is 13.8 Å². The zero-order valence-corrected chi connectivity index (χ0v) is 12.7. The molecule has 0 atom stereocenters. The number of hydrogen-bond acceptors (Lipinski definition) is 2. The lowest BCUT2D eigenvalue weighted by molar-refractivity contribution is 0.0695. The molecule has 2 aromatic rings. The fourth-order valence-corrected chi connectivity index (χ4v) is 3.53. The third-order valence-electron chi connectivity index (χ3n) is 3.33. The summed E-state index contributed by atoms with van der Waals surface area (Å²) in [5.41, 5.74) is 1.46. The highest BCUT2D eigenvalue weighted by Crippen LogP contribution is 2.15. The Morgan fingerprint density at radius 1 is 1.00 bits per heavy atom. The van der Waals surface area contributed by atoms with Crippen molar-refractivity contribution in [3.63, 3.8) is 0 Å². The molecule has 0 aliphatic heterocycles. The maximum Gasteiger partial charge on any atom is 0.335 e. The SMILES string of the molecule is Cc1cc(C(=O)O)c([Si]c2ccccc2)c(C(=O)O)c1C. The fourth-order valence-electron chi connectivity index (χ4n) is 2.15. The van der Waals surface area contributed by atoms with Gasteiger partial charge >= 0.3 is 11.9 Å². The number of aromatic carboxylic acids is 2. The van der Waals surface area contributed by atoms with Crippen molar-refractivity contribution in [3.05, 3.63) is 58.7 Å². The molecule has 2 rings (SSSR count). The summed E-state index contributed by atoms with van der Waals surface area (Å²) in [6.07, 6.45) is 0. The van der Waals surface area contributed by atoms with Crippen molar-refractivity contribution in [2.45, 2.75) is 13.8 Å². The molecule has 4 nitrogen and oxygen atoms in total. The van der Waals surface area contributed by atoms with E-state index in [1.54, 1.807) is 19.9 Å². The molecule has 0 fully saturated rings. The van der Waals surface area contributed by atoms with Crippen LogP contribution in [0.25, 0.3) is 0 Å². The van der Waals surface area contributed by atoms with Crippen LogP contribution in [0.1, 0.15) is 31.8 Å². The van der Waals surface area contributed by atoms with Crippen LogP contribution < -0.4 is 10.4 Å². The van der Waals surface area contributed by atoms with Crippen molar-refractivity contribution in [1.82, 2.24) is 0 Å². The molecule has 0 aromatic heterocycles. The van der Waals surface area contributed by atoms with Crippen LogP contribution >= 0.6 is 0 Å². The summed E-state index contributed by atoms with van der Waals surface area (Å²) in [7, 11) is -0.00895. The lowest BCUT2D eigenvalue weighted by atomic mass is 9.99. The Hall–Kier alpha value is -2.40. The first-order chi connectivity index (χ1) is 9.91. The van der Waals surface area contributed by atoms with Crippen LogP contribution in [-0.2, 0) is 0 Å². The van der Waals surface area contributed by atoms with E-state index in [0.717, 1.165) is 5.19 Å². The molecular weight excluding hydrogens is 284 g/mol. The second-order valence-electron chi connectivity index (χ2n) is 4.72. The first kappa shape index (κ1) is 15.0. The first-order valence-electron chi connectivity index (χ1n) is 6.34. The smallest absolute Gasteiger partial charge is 0.335 e. The standard InChI is InChI=1S/C16H14O4Si/c1-9-8-12(15(17)18)14(13(10(9)2)16(19)20)21-11-6-4-3-5-7-11/h3-8H,1-2H3,(H,17,18)(H,19,20). The Balaban J connectivity index is 2.68. The minimum Gasteiger partial charge on any atom is -0.478 e. The fraction of sp³-hybridized carbons (Fsp3) is 0.125. The van der Waals surface area contributed by atoms with Gasteiger partial charge in [0, 0.05) is 0 Å². The summed E-state index contributed by atoms with van der Waals surface area (Å²) in [5, 5.41) is 20.1. The van der Waals surface area contributed by atoms with Gasteiger partial charge in [-0.15, -0.1) is 0 Å². The molecule has 0 aliphatic rings. The maximum atomic E-state index is 11.6. The van der Waals surface area contributed by atoms with E-state index >= 15 is 0 Å². The molecule has 0 heterocycles. The van der Waals surface area contributed by atoms with Crippen molar-refractivity contribution < 1.29 is 19.8 Å². The van der Waals surface area contributed by atoms with Crippen LogP contribution in [0.3, 0.4) is 0 Å². The van der Waals surface area contributed by atoms with E-state index in [2.05, 4.69) is 0 Å². The normalized spacial score (nSPS) is 10.4. The van der Waals surface area contributed by atoms with E-state index in [-0.39, 0.29) is 20.6 Å². The summed E-state index contributed by atoms with van der Waals surface area (Å²) in [6.45, 7) is 3.44. The lowest BCUT2D eigenvalue weighted by Gasteiger charge is -2.14. The quantitative estimate of drug-likeness (QED) is 0.836. The van der Waals surface area contributed by atoms with E-state index < -0.39 is 11.9 Å². The molecule has 0 aliphatic carbocycles. The Bertz CT molecular complexity index is 708. The second kappa shape index (κ2) is 5.93. The third-order valence-corrected chi connectivity index (χ3v) is 4.73. The lowest BCUT2D eigenvalue weighted by Crippen LogP contribution is -2.37. The highest BCUT2D eigenvalue weighted by atomic mass is 28.2. The summed E-state index contributed by atoms with van der Waals surface area (Å²) in [5.74, 6) is -2.18. The van der Waals surface area contributed by atoms with Crippen molar-refractivity contribution in [2.75, 3.05) is 0 Å². The van der Waals surface area contributed by atoms with E-state index in [9.17, 15) is 19.8 Å². The third kappa shape index (κ3) is 3.03. The Kier molecular flexibility index (Phi) is 4.23. The minimum atomic E-state index is -1.10. The van der Waals surface area contributed by atoms with Gasteiger partial charge in [-0.1, -0.05) is 35.5 Å². The molecule has 0 saturated heterocycles. The average Bonchev–Trinajstić information content (AvgIpc) is 2.43. The topological polar surface area (TPSA) is 74.6 Å². The highest BCUT2D eigenvalue weighted by Gasteiger charge is 2.23. The van der Waals surface area contributed by atoms with Gasteiger partial charge in [0.1, 0.15) is 9.52 Å². The number of carboxylic acids is 2.